The van der Waals surface area contributed by atoms with Crippen molar-refractivity contribution in [3.05, 3.63) is 64.7 Å². The summed E-state index contributed by atoms with van der Waals surface area (Å²) in [7, 11) is 0. The van der Waals surface area contributed by atoms with Crippen molar-refractivity contribution in [2.75, 3.05) is 11.9 Å². The van der Waals surface area contributed by atoms with Gasteiger partial charge < -0.3 is 20.6 Å². The normalized spacial score (nSPS) is 13.4. The second-order valence-electron chi connectivity index (χ2n) is 6.52. The van der Waals surface area contributed by atoms with Crippen LogP contribution in [0, 0.1) is 11.3 Å². The molecule has 0 aromatic heterocycles. The zero-order valence-corrected chi connectivity index (χ0v) is 14.9. The molecule has 1 heterocycles. The third-order valence-electron chi connectivity index (χ3n) is 4.30. The Labute approximate surface area is 157 Å². The highest BCUT2D eigenvalue weighted by atomic mass is 16.3. The van der Waals surface area contributed by atoms with Gasteiger partial charge in [-0.2, -0.15) is 5.26 Å². The minimum atomic E-state index is -0.610. The van der Waals surface area contributed by atoms with Gasteiger partial charge >= 0.3 is 6.03 Å². The van der Waals surface area contributed by atoms with Crippen molar-refractivity contribution in [2.24, 2.45) is 0 Å². The average molecular weight is 364 g/mol. The van der Waals surface area contributed by atoms with Crippen LogP contribution in [0.1, 0.15) is 34.0 Å². The highest BCUT2D eigenvalue weighted by molar-refractivity contribution is 5.95. The van der Waals surface area contributed by atoms with Crippen LogP contribution in [0.4, 0.5) is 10.5 Å². The third kappa shape index (κ3) is 4.43. The molecule has 0 spiro atoms. The number of fused-ring (bicyclic) bond motifs is 1. The summed E-state index contributed by atoms with van der Waals surface area (Å²) >= 11 is 0. The molecule has 7 nitrogen and oxygen atoms in total. The first-order valence-corrected chi connectivity index (χ1v) is 8.60. The molecule has 7 heteroatoms. The molecule has 0 aliphatic carbocycles. The summed E-state index contributed by atoms with van der Waals surface area (Å²) < 4.78 is 0. The number of carbonyl (C=O) groups excluding carboxylic acids is 2. The number of nitriles is 1. The second-order valence-corrected chi connectivity index (χ2v) is 6.52. The number of amides is 3. The minimum Gasteiger partial charge on any atom is -0.392 e. The number of hydrogen-bond donors (Lipinski definition) is 3. The summed E-state index contributed by atoms with van der Waals surface area (Å²) in [4.78, 5) is 26.1. The van der Waals surface area contributed by atoms with Crippen LogP contribution < -0.4 is 10.6 Å². The van der Waals surface area contributed by atoms with Gasteiger partial charge in [-0.3, -0.25) is 4.79 Å². The van der Waals surface area contributed by atoms with E-state index in [1.165, 1.54) is 0 Å². The molecule has 0 fully saturated rings. The van der Waals surface area contributed by atoms with Gasteiger partial charge in [0.05, 0.1) is 17.7 Å². The van der Waals surface area contributed by atoms with Crippen molar-refractivity contribution in [1.82, 2.24) is 10.2 Å². The van der Waals surface area contributed by atoms with Crippen molar-refractivity contribution in [3.8, 4) is 6.07 Å². The topological polar surface area (TPSA) is 105 Å². The Bertz CT molecular complexity index is 900. The van der Waals surface area contributed by atoms with Gasteiger partial charge in [0.25, 0.3) is 5.91 Å². The highest BCUT2D eigenvalue weighted by Crippen LogP contribution is 2.24. The first-order chi connectivity index (χ1) is 13.0. The largest absolute Gasteiger partial charge is 0.392 e. The fraction of sp³-hybridized carbons (Fsp3) is 0.250. The van der Waals surface area contributed by atoms with Crippen molar-refractivity contribution in [1.29, 1.82) is 5.26 Å². The van der Waals surface area contributed by atoms with Crippen molar-refractivity contribution >= 4 is 17.6 Å². The van der Waals surface area contributed by atoms with E-state index in [-0.39, 0.29) is 18.5 Å². The van der Waals surface area contributed by atoms with E-state index >= 15 is 0 Å². The van der Waals surface area contributed by atoms with Crippen molar-refractivity contribution in [2.45, 2.75) is 26.1 Å². The predicted octanol–water partition coefficient (Wildman–Crippen LogP) is 2.22. The summed E-state index contributed by atoms with van der Waals surface area (Å²) in [5.41, 5.74) is 3.64. The maximum Gasteiger partial charge on any atom is 0.322 e. The lowest BCUT2D eigenvalue weighted by atomic mass is 10.1. The van der Waals surface area contributed by atoms with Gasteiger partial charge in [0.15, 0.2) is 0 Å². The lowest BCUT2D eigenvalue weighted by Gasteiger charge is -2.16. The number of carbonyl (C=O) groups is 2. The van der Waals surface area contributed by atoms with Gasteiger partial charge in [-0.05, 0) is 54.4 Å². The highest BCUT2D eigenvalue weighted by Gasteiger charge is 2.23. The van der Waals surface area contributed by atoms with Crippen molar-refractivity contribution < 1.29 is 14.7 Å². The fourth-order valence-electron chi connectivity index (χ4n) is 2.86. The SMILES string of the molecule is C[C@H](O)CNC(=O)c1ccc(NC(=O)N2Cc3ccc(C#N)cc3C2)cc1. The van der Waals surface area contributed by atoms with E-state index in [2.05, 4.69) is 16.7 Å². The van der Waals surface area contributed by atoms with E-state index in [4.69, 9.17) is 5.26 Å². The van der Waals surface area contributed by atoms with Gasteiger partial charge in [-0.25, -0.2) is 4.79 Å². The van der Waals surface area contributed by atoms with Crippen LogP contribution in [-0.4, -0.2) is 34.6 Å². The molecule has 1 aliphatic rings. The Morgan fingerprint density at radius 2 is 1.89 bits per heavy atom. The van der Waals surface area contributed by atoms with E-state index in [0.717, 1.165) is 11.1 Å². The summed E-state index contributed by atoms with van der Waals surface area (Å²) in [5.74, 6) is -0.280. The van der Waals surface area contributed by atoms with Gasteiger partial charge in [-0.15, -0.1) is 0 Å². The van der Waals surface area contributed by atoms with Gasteiger partial charge in [0.2, 0.25) is 0 Å². The number of anilines is 1. The number of urea groups is 1. The van der Waals surface area contributed by atoms with Gasteiger partial charge in [0, 0.05) is 30.9 Å². The lowest BCUT2D eigenvalue weighted by Crippen LogP contribution is -2.31. The summed E-state index contributed by atoms with van der Waals surface area (Å²) in [6, 6.07) is 13.9. The third-order valence-corrected chi connectivity index (χ3v) is 4.30. The molecular weight excluding hydrogens is 344 g/mol. The van der Waals surface area contributed by atoms with Crippen LogP contribution in [0.5, 0.6) is 0 Å². The summed E-state index contributed by atoms with van der Waals surface area (Å²) in [5, 5.41) is 23.6. The number of nitrogens with one attached hydrogen (secondary N) is 2. The smallest absolute Gasteiger partial charge is 0.322 e. The quantitative estimate of drug-likeness (QED) is 0.773. The fourth-order valence-corrected chi connectivity index (χ4v) is 2.86. The van der Waals surface area contributed by atoms with E-state index < -0.39 is 6.10 Å². The van der Waals surface area contributed by atoms with Crippen LogP contribution in [-0.2, 0) is 13.1 Å². The number of aliphatic hydroxyl groups excluding tert-OH is 1. The van der Waals surface area contributed by atoms with Crippen LogP contribution in [0.15, 0.2) is 42.5 Å². The molecule has 3 N–H and O–H groups in total. The second kappa shape index (κ2) is 7.89. The molecule has 3 amide bonds. The van der Waals surface area contributed by atoms with Crippen LogP contribution in [0.2, 0.25) is 0 Å². The average Bonchev–Trinajstić information content (AvgIpc) is 3.10. The van der Waals surface area contributed by atoms with Crippen LogP contribution in [0.3, 0.4) is 0 Å². The van der Waals surface area contributed by atoms with Gasteiger partial charge in [0.1, 0.15) is 0 Å². The zero-order chi connectivity index (χ0) is 19.4. The van der Waals surface area contributed by atoms with Crippen molar-refractivity contribution in [3.63, 3.8) is 0 Å². The molecule has 1 atom stereocenters. The molecule has 0 bridgehead atoms. The molecular formula is C20H20N4O3. The molecule has 138 valence electrons. The Morgan fingerprint density at radius 1 is 1.19 bits per heavy atom. The Hall–Kier alpha value is -3.37. The first kappa shape index (κ1) is 18.4. The zero-order valence-electron chi connectivity index (χ0n) is 14.9. The Morgan fingerprint density at radius 3 is 2.56 bits per heavy atom. The lowest BCUT2D eigenvalue weighted by molar-refractivity contribution is 0.0924. The minimum absolute atomic E-state index is 0.181. The van der Waals surface area contributed by atoms with E-state index in [1.54, 1.807) is 42.2 Å². The molecule has 3 rings (SSSR count). The van der Waals surface area contributed by atoms with E-state index in [9.17, 15) is 14.7 Å². The summed E-state index contributed by atoms with van der Waals surface area (Å²) in [6.07, 6.45) is -0.610. The van der Waals surface area contributed by atoms with E-state index in [1.807, 2.05) is 12.1 Å². The molecule has 2 aromatic carbocycles. The molecule has 2 aromatic rings. The Kier molecular flexibility index (Phi) is 5.38. The molecule has 0 saturated carbocycles. The van der Waals surface area contributed by atoms with Crippen LogP contribution >= 0.6 is 0 Å². The first-order valence-electron chi connectivity index (χ1n) is 8.60. The molecule has 1 aliphatic heterocycles. The van der Waals surface area contributed by atoms with Crippen LogP contribution in [0.25, 0.3) is 0 Å². The molecule has 0 radical (unpaired) electrons. The van der Waals surface area contributed by atoms with E-state index in [0.29, 0.717) is 29.9 Å². The number of benzene rings is 2. The maximum absolute atomic E-state index is 12.5. The Balaban J connectivity index is 1.59. The monoisotopic (exact) mass is 364 g/mol. The number of hydrogen-bond acceptors (Lipinski definition) is 4. The maximum atomic E-state index is 12.5. The number of nitrogens with zero attached hydrogens (tertiary/aromatic N) is 2. The molecule has 0 unspecified atom stereocenters. The molecule has 0 saturated heterocycles. The molecule has 27 heavy (non-hydrogen) atoms. The van der Waals surface area contributed by atoms with Gasteiger partial charge in [-0.1, -0.05) is 6.07 Å². The predicted molar refractivity (Wildman–Crippen MR) is 99.9 cm³/mol. The summed E-state index contributed by atoms with van der Waals surface area (Å²) in [6.45, 7) is 2.72. The number of rotatable bonds is 4. The standard InChI is InChI=1S/C20H20N4O3/c1-13(25)10-22-19(26)15-4-6-18(7-5-15)23-20(27)24-11-16-3-2-14(9-21)8-17(16)12-24/h2-8,13,25H,10-12H2,1H3,(H,22,26)(H,23,27)/t13-/m0/s1. The number of aliphatic hydroxyl groups is 1.